The van der Waals surface area contributed by atoms with Crippen LogP contribution in [0.2, 0.25) is 0 Å². The van der Waals surface area contributed by atoms with E-state index in [1.165, 1.54) is 37.7 Å². The number of rotatable bonds is 6. The van der Waals surface area contributed by atoms with E-state index in [2.05, 4.69) is 47.5 Å². The maximum Gasteiger partial charge on any atom is 0.193 e. The predicted molar refractivity (Wildman–Crippen MR) is 93.1 cm³/mol. The Kier molecular flexibility index (Phi) is 5.36. The second-order valence-corrected chi connectivity index (χ2v) is 6.76. The van der Waals surface area contributed by atoms with Gasteiger partial charge in [-0.1, -0.05) is 43.2 Å². The molecule has 1 aliphatic heterocycles. The largest absolute Gasteiger partial charge is 0.357 e. The van der Waals surface area contributed by atoms with Gasteiger partial charge in [0.15, 0.2) is 5.96 Å². The molecule has 0 amide bonds. The number of hydrogen-bond donors (Lipinski definition) is 1. The van der Waals surface area contributed by atoms with E-state index < -0.39 is 0 Å². The SMILES string of the molecule is CCNC(=NCCC1CC1)N1CCC(Cc2ccccc2)C1. The monoisotopic (exact) mass is 299 g/mol. The van der Waals surface area contributed by atoms with Crippen LogP contribution in [0.4, 0.5) is 0 Å². The van der Waals surface area contributed by atoms with E-state index in [1.54, 1.807) is 0 Å². The quantitative estimate of drug-likeness (QED) is 0.644. The minimum Gasteiger partial charge on any atom is -0.357 e. The van der Waals surface area contributed by atoms with Crippen molar-refractivity contribution < 1.29 is 0 Å². The molecule has 120 valence electrons. The van der Waals surface area contributed by atoms with Crippen molar-refractivity contribution in [3.8, 4) is 0 Å². The predicted octanol–water partition coefficient (Wildman–Crippen LogP) is 3.32. The minimum absolute atomic E-state index is 0.759. The second kappa shape index (κ2) is 7.66. The van der Waals surface area contributed by atoms with Crippen LogP contribution in [-0.2, 0) is 6.42 Å². The van der Waals surface area contributed by atoms with Crippen LogP contribution in [0.5, 0.6) is 0 Å². The fourth-order valence-corrected chi connectivity index (χ4v) is 3.32. The van der Waals surface area contributed by atoms with Crippen molar-refractivity contribution in [3.05, 3.63) is 35.9 Å². The third-order valence-electron chi connectivity index (χ3n) is 4.78. The Balaban J connectivity index is 1.51. The van der Waals surface area contributed by atoms with Crippen molar-refractivity contribution >= 4 is 5.96 Å². The van der Waals surface area contributed by atoms with E-state index in [1.807, 2.05) is 0 Å². The summed E-state index contributed by atoms with van der Waals surface area (Å²) in [6.07, 6.45) is 6.60. The van der Waals surface area contributed by atoms with E-state index in [4.69, 9.17) is 4.99 Å². The molecule has 3 heteroatoms. The highest BCUT2D eigenvalue weighted by molar-refractivity contribution is 5.80. The molecule has 3 nitrogen and oxygen atoms in total. The van der Waals surface area contributed by atoms with Crippen molar-refractivity contribution in [3.63, 3.8) is 0 Å². The summed E-state index contributed by atoms with van der Waals surface area (Å²) in [6, 6.07) is 10.9. The summed E-state index contributed by atoms with van der Waals surface area (Å²) >= 11 is 0. The van der Waals surface area contributed by atoms with Crippen LogP contribution < -0.4 is 5.32 Å². The van der Waals surface area contributed by atoms with E-state index in [0.717, 1.165) is 44.0 Å². The zero-order valence-corrected chi connectivity index (χ0v) is 13.8. The molecule has 1 heterocycles. The summed E-state index contributed by atoms with van der Waals surface area (Å²) in [4.78, 5) is 7.31. The van der Waals surface area contributed by atoms with Gasteiger partial charge in [0.05, 0.1) is 0 Å². The summed E-state index contributed by atoms with van der Waals surface area (Å²) < 4.78 is 0. The Morgan fingerprint density at radius 3 is 2.73 bits per heavy atom. The van der Waals surface area contributed by atoms with Gasteiger partial charge in [-0.25, -0.2) is 0 Å². The van der Waals surface area contributed by atoms with Gasteiger partial charge >= 0.3 is 0 Å². The molecule has 1 N–H and O–H groups in total. The average Bonchev–Trinajstić information content (AvgIpc) is 3.25. The highest BCUT2D eigenvalue weighted by Crippen LogP contribution is 2.32. The average molecular weight is 299 g/mol. The van der Waals surface area contributed by atoms with Crippen molar-refractivity contribution in [2.75, 3.05) is 26.2 Å². The zero-order chi connectivity index (χ0) is 15.2. The summed E-state index contributed by atoms with van der Waals surface area (Å²) in [7, 11) is 0. The van der Waals surface area contributed by atoms with Gasteiger partial charge in [0.1, 0.15) is 0 Å². The van der Waals surface area contributed by atoms with Gasteiger partial charge in [-0.3, -0.25) is 4.99 Å². The fraction of sp³-hybridized carbons (Fsp3) is 0.632. The Hall–Kier alpha value is -1.51. The van der Waals surface area contributed by atoms with Crippen molar-refractivity contribution in [1.82, 2.24) is 10.2 Å². The molecule has 0 spiro atoms. The van der Waals surface area contributed by atoms with Crippen molar-refractivity contribution in [1.29, 1.82) is 0 Å². The molecule has 1 aromatic rings. The number of nitrogens with zero attached hydrogens (tertiary/aromatic N) is 2. The zero-order valence-electron chi connectivity index (χ0n) is 13.8. The van der Waals surface area contributed by atoms with Crippen LogP contribution >= 0.6 is 0 Å². The molecule has 1 unspecified atom stereocenters. The number of nitrogens with one attached hydrogen (secondary N) is 1. The molecule has 0 bridgehead atoms. The summed E-state index contributed by atoms with van der Waals surface area (Å²) in [5.41, 5.74) is 1.46. The molecule has 22 heavy (non-hydrogen) atoms. The maximum absolute atomic E-state index is 4.85. The molecule has 2 fully saturated rings. The van der Waals surface area contributed by atoms with Gasteiger partial charge < -0.3 is 10.2 Å². The third-order valence-corrected chi connectivity index (χ3v) is 4.78. The first-order valence-corrected chi connectivity index (χ1v) is 8.92. The van der Waals surface area contributed by atoms with Gasteiger partial charge in [-0.2, -0.15) is 0 Å². The Morgan fingerprint density at radius 1 is 1.18 bits per heavy atom. The Bertz CT molecular complexity index is 479. The van der Waals surface area contributed by atoms with Gasteiger partial charge in [0, 0.05) is 26.2 Å². The van der Waals surface area contributed by atoms with Gasteiger partial charge in [0.2, 0.25) is 0 Å². The molecular formula is C19H29N3. The highest BCUT2D eigenvalue weighted by atomic mass is 15.3. The second-order valence-electron chi connectivity index (χ2n) is 6.76. The van der Waals surface area contributed by atoms with Gasteiger partial charge in [0.25, 0.3) is 0 Å². The van der Waals surface area contributed by atoms with Crippen LogP contribution in [0.15, 0.2) is 35.3 Å². The lowest BCUT2D eigenvalue weighted by Gasteiger charge is -2.21. The fourth-order valence-electron chi connectivity index (χ4n) is 3.32. The summed E-state index contributed by atoms with van der Waals surface area (Å²) in [5, 5.41) is 3.48. The molecule has 3 rings (SSSR count). The van der Waals surface area contributed by atoms with Gasteiger partial charge in [-0.05, 0) is 43.6 Å². The first-order valence-electron chi connectivity index (χ1n) is 8.92. The molecule has 1 saturated carbocycles. The third kappa shape index (κ3) is 4.49. The van der Waals surface area contributed by atoms with Crippen molar-refractivity contribution in [2.45, 2.75) is 39.0 Å². The lowest BCUT2D eigenvalue weighted by Crippen LogP contribution is -2.40. The number of benzene rings is 1. The molecule has 1 atom stereocenters. The molecule has 2 aliphatic rings. The minimum atomic E-state index is 0.759. The number of aliphatic imine (C=N–C) groups is 1. The van der Waals surface area contributed by atoms with Crippen LogP contribution in [0.25, 0.3) is 0 Å². The van der Waals surface area contributed by atoms with E-state index in [0.29, 0.717) is 0 Å². The molecule has 1 aromatic carbocycles. The standard InChI is InChI=1S/C19H29N3/c1-2-20-19(21-12-10-16-8-9-16)22-13-11-18(15-22)14-17-6-4-3-5-7-17/h3-7,16,18H,2,8-15H2,1H3,(H,20,21). The number of likely N-dealkylation sites (tertiary alicyclic amines) is 1. The first-order chi connectivity index (χ1) is 10.8. The van der Waals surface area contributed by atoms with Crippen molar-refractivity contribution in [2.24, 2.45) is 16.8 Å². The maximum atomic E-state index is 4.85. The summed E-state index contributed by atoms with van der Waals surface area (Å²) in [5.74, 6) is 2.87. The number of hydrogen-bond acceptors (Lipinski definition) is 1. The Morgan fingerprint density at radius 2 is 2.00 bits per heavy atom. The first kappa shape index (κ1) is 15.4. The topological polar surface area (TPSA) is 27.6 Å². The van der Waals surface area contributed by atoms with E-state index in [9.17, 15) is 0 Å². The lowest BCUT2D eigenvalue weighted by atomic mass is 9.99. The molecule has 0 aromatic heterocycles. The molecular weight excluding hydrogens is 270 g/mol. The van der Waals surface area contributed by atoms with E-state index in [-0.39, 0.29) is 0 Å². The smallest absolute Gasteiger partial charge is 0.193 e. The van der Waals surface area contributed by atoms with E-state index >= 15 is 0 Å². The molecule has 1 saturated heterocycles. The summed E-state index contributed by atoms with van der Waals surface area (Å²) in [6.45, 7) is 6.40. The van der Waals surface area contributed by atoms with Crippen LogP contribution in [0.3, 0.4) is 0 Å². The normalized spacial score (nSPS) is 22.1. The van der Waals surface area contributed by atoms with Crippen LogP contribution in [0, 0.1) is 11.8 Å². The highest BCUT2D eigenvalue weighted by Gasteiger charge is 2.25. The molecule has 1 aliphatic carbocycles. The number of guanidine groups is 1. The van der Waals surface area contributed by atoms with Crippen LogP contribution in [-0.4, -0.2) is 37.0 Å². The molecule has 0 radical (unpaired) electrons. The Labute approximate surface area is 134 Å². The lowest BCUT2D eigenvalue weighted by molar-refractivity contribution is 0.459. The van der Waals surface area contributed by atoms with Crippen LogP contribution in [0.1, 0.15) is 38.2 Å². The van der Waals surface area contributed by atoms with Gasteiger partial charge in [-0.15, -0.1) is 0 Å².